The van der Waals surface area contributed by atoms with Gasteiger partial charge in [-0.2, -0.15) is 11.8 Å². The molecule has 0 aliphatic rings. The zero-order chi connectivity index (χ0) is 26.3. The van der Waals surface area contributed by atoms with Gasteiger partial charge in [0, 0.05) is 0 Å². The molecule has 0 aliphatic heterocycles. The quantitative estimate of drug-likeness (QED) is 0.0873. The van der Waals surface area contributed by atoms with Gasteiger partial charge in [-0.05, 0) is 37.8 Å². The van der Waals surface area contributed by atoms with Gasteiger partial charge in [-0.1, -0.05) is 6.42 Å². The zero-order valence-corrected chi connectivity index (χ0v) is 19.8. The lowest BCUT2D eigenvalue weighted by molar-refractivity contribution is -0.144. The summed E-state index contributed by atoms with van der Waals surface area (Å²) in [7, 11) is 0. The minimum absolute atomic E-state index is 0.0635. The molecule has 0 spiro atoms. The predicted octanol–water partition coefficient (Wildman–Crippen LogP) is -2.92. The monoisotopic (exact) mass is 506 g/mol. The average Bonchev–Trinajstić information content (AvgIpc) is 2.74. The minimum Gasteiger partial charge on any atom is -0.481 e. The molecule has 14 nitrogen and oxygen atoms in total. The van der Waals surface area contributed by atoms with Gasteiger partial charge in [0.15, 0.2) is 0 Å². The summed E-state index contributed by atoms with van der Waals surface area (Å²) in [5.41, 5.74) is 16.2. The number of nitrogens with one attached hydrogen (secondary N) is 3. The minimum atomic E-state index is -1.61. The van der Waals surface area contributed by atoms with Crippen LogP contribution < -0.4 is 33.2 Å². The van der Waals surface area contributed by atoms with Crippen molar-refractivity contribution in [2.24, 2.45) is 17.2 Å². The molecule has 0 aromatic rings. The Morgan fingerprint density at radius 3 is 1.88 bits per heavy atom. The van der Waals surface area contributed by atoms with Crippen molar-refractivity contribution in [1.82, 2.24) is 16.0 Å². The third-order valence-electron chi connectivity index (χ3n) is 4.58. The van der Waals surface area contributed by atoms with Crippen molar-refractivity contribution < 1.29 is 39.0 Å². The maximum absolute atomic E-state index is 12.7. The number of rotatable bonds is 18. The molecule has 0 heterocycles. The van der Waals surface area contributed by atoms with E-state index in [9.17, 15) is 33.9 Å². The lowest BCUT2D eigenvalue weighted by Gasteiger charge is -2.24. The second-order valence-corrected chi connectivity index (χ2v) is 8.45. The topological polar surface area (TPSA) is 257 Å². The summed E-state index contributed by atoms with van der Waals surface area (Å²) in [6.45, 7) is 0.417. The first kappa shape index (κ1) is 31.1. The predicted molar refractivity (Wildman–Crippen MR) is 123 cm³/mol. The Morgan fingerprint density at radius 1 is 0.824 bits per heavy atom. The Labute approximate surface area is 201 Å². The number of hydrogen-bond acceptors (Lipinski definition) is 9. The van der Waals surface area contributed by atoms with Crippen LogP contribution in [0.15, 0.2) is 0 Å². The highest BCUT2D eigenvalue weighted by Crippen LogP contribution is 2.05. The van der Waals surface area contributed by atoms with Gasteiger partial charge in [-0.25, -0.2) is 4.79 Å². The summed E-state index contributed by atoms with van der Waals surface area (Å²) in [5.74, 6) is -6.06. The number of carbonyl (C=O) groups is 6. The lowest BCUT2D eigenvalue weighted by Crippen LogP contribution is -2.57. The van der Waals surface area contributed by atoms with Crippen LogP contribution in [0.1, 0.15) is 38.5 Å². The smallest absolute Gasteiger partial charge is 0.326 e. The molecule has 0 saturated carbocycles. The summed E-state index contributed by atoms with van der Waals surface area (Å²) in [5, 5.41) is 25.1. The van der Waals surface area contributed by atoms with Crippen LogP contribution in [-0.4, -0.2) is 88.5 Å². The Hall–Kier alpha value is -2.91. The molecule has 34 heavy (non-hydrogen) atoms. The number of amides is 4. The van der Waals surface area contributed by atoms with E-state index in [1.807, 2.05) is 0 Å². The van der Waals surface area contributed by atoms with Gasteiger partial charge in [-0.3, -0.25) is 24.0 Å². The first-order valence-electron chi connectivity index (χ1n) is 10.5. The first-order chi connectivity index (χ1) is 15.9. The van der Waals surface area contributed by atoms with Gasteiger partial charge in [-0.15, -0.1) is 0 Å². The average molecular weight is 507 g/mol. The van der Waals surface area contributed by atoms with Crippen molar-refractivity contribution in [2.45, 2.75) is 62.7 Å². The van der Waals surface area contributed by atoms with Gasteiger partial charge < -0.3 is 43.4 Å². The van der Waals surface area contributed by atoms with E-state index in [0.717, 1.165) is 0 Å². The molecule has 0 saturated heterocycles. The molecule has 0 fully saturated rings. The Morgan fingerprint density at radius 2 is 1.38 bits per heavy atom. The fourth-order valence-electron chi connectivity index (χ4n) is 2.75. The number of hydrogen-bond donors (Lipinski definition) is 8. The number of carbonyl (C=O) groups excluding carboxylic acids is 4. The lowest BCUT2D eigenvalue weighted by atomic mass is 10.1. The fraction of sp³-hybridized carbons (Fsp3) is 0.684. The maximum atomic E-state index is 12.7. The van der Waals surface area contributed by atoms with E-state index in [2.05, 4.69) is 16.0 Å². The van der Waals surface area contributed by atoms with Crippen LogP contribution in [0.2, 0.25) is 0 Å². The van der Waals surface area contributed by atoms with Gasteiger partial charge in [0.25, 0.3) is 0 Å². The number of carboxylic acid groups (broad SMARTS) is 2. The molecule has 194 valence electrons. The van der Waals surface area contributed by atoms with Gasteiger partial charge in [0.2, 0.25) is 23.6 Å². The van der Waals surface area contributed by atoms with Crippen LogP contribution in [-0.2, 0) is 28.8 Å². The van der Waals surface area contributed by atoms with E-state index in [0.29, 0.717) is 25.1 Å². The molecule has 0 aliphatic carbocycles. The van der Waals surface area contributed by atoms with Gasteiger partial charge >= 0.3 is 11.9 Å². The molecular weight excluding hydrogens is 472 g/mol. The van der Waals surface area contributed by atoms with Gasteiger partial charge in [0.1, 0.15) is 18.1 Å². The Bertz CT molecular complexity index is 738. The van der Waals surface area contributed by atoms with Crippen LogP contribution in [0.3, 0.4) is 0 Å². The first-order valence-corrected chi connectivity index (χ1v) is 11.9. The number of aliphatic carboxylic acids is 2. The summed E-state index contributed by atoms with van der Waals surface area (Å²) >= 11 is 1.34. The third kappa shape index (κ3) is 13.0. The maximum Gasteiger partial charge on any atom is 0.326 e. The molecule has 15 heteroatoms. The van der Waals surface area contributed by atoms with E-state index in [1.165, 1.54) is 11.8 Å². The van der Waals surface area contributed by atoms with E-state index in [1.54, 1.807) is 6.26 Å². The van der Waals surface area contributed by atoms with Crippen molar-refractivity contribution in [3.05, 3.63) is 0 Å². The molecule has 4 amide bonds. The number of carboxylic acids is 2. The summed E-state index contributed by atoms with van der Waals surface area (Å²) in [4.78, 5) is 71.3. The SMILES string of the molecule is CSCCC(NC(=O)C(CC(=O)O)NC(=O)C(N)CCCCN)C(=O)NC(CC(N)=O)C(=O)O. The van der Waals surface area contributed by atoms with Gasteiger partial charge in [0.05, 0.1) is 18.9 Å². The molecule has 0 aromatic carbocycles. The number of thioether (sulfide) groups is 1. The molecule has 0 radical (unpaired) electrons. The fourth-order valence-corrected chi connectivity index (χ4v) is 3.22. The van der Waals surface area contributed by atoms with E-state index >= 15 is 0 Å². The second kappa shape index (κ2) is 16.7. The summed E-state index contributed by atoms with van der Waals surface area (Å²) < 4.78 is 0. The van der Waals surface area contributed by atoms with Crippen LogP contribution in [0.4, 0.5) is 0 Å². The third-order valence-corrected chi connectivity index (χ3v) is 5.23. The van der Waals surface area contributed by atoms with E-state index < -0.39 is 72.6 Å². The number of nitrogens with two attached hydrogens (primary N) is 3. The molecule has 0 bridgehead atoms. The number of primary amides is 1. The van der Waals surface area contributed by atoms with E-state index in [-0.39, 0.29) is 12.8 Å². The van der Waals surface area contributed by atoms with Crippen molar-refractivity contribution in [2.75, 3.05) is 18.6 Å². The summed E-state index contributed by atoms with van der Waals surface area (Å²) in [6.07, 6.45) is 1.84. The molecular formula is C19H34N6O8S. The van der Waals surface area contributed by atoms with E-state index in [4.69, 9.17) is 22.3 Å². The van der Waals surface area contributed by atoms with Crippen molar-refractivity contribution in [3.8, 4) is 0 Å². The molecule has 4 unspecified atom stereocenters. The highest BCUT2D eigenvalue weighted by Gasteiger charge is 2.31. The van der Waals surface area contributed by atoms with Crippen molar-refractivity contribution in [1.29, 1.82) is 0 Å². The Kier molecular flexibility index (Phi) is 15.2. The highest BCUT2D eigenvalue weighted by molar-refractivity contribution is 7.98. The molecule has 0 aromatic heterocycles. The molecule has 11 N–H and O–H groups in total. The van der Waals surface area contributed by atoms with Crippen LogP contribution in [0.25, 0.3) is 0 Å². The zero-order valence-electron chi connectivity index (χ0n) is 19.0. The summed E-state index contributed by atoms with van der Waals surface area (Å²) in [6, 6.07) is -5.40. The van der Waals surface area contributed by atoms with Crippen LogP contribution >= 0.6 is 11.8 Å². The van der Waals surface area contributed by atoms with Crippen LogP contribution in [0.5, 0.6) is 0 Å². The second-order valence-electron chi connectivity index (χ2n) is 7.46. The number of unbranched alkanes of at least 4 members (excludes halogenated alkanes) is 1. The molecule has 0 rings (SSSR count). The van der Waals surface area contributed by atoms with Crippen molar-refractivity contribution in [3.63, 3.8) is 0 Å². The Balaban J connectivity index is 5.42. The van der Waals surface area contributed by atoms with Crippen LogP contribution in [0, 0.1) is 0 Å². The highest BCUT2D eigenvalue weighted by atomic mass is 32.2. The standard InChI is InChI=1S/C19H34N6O8S/c1-34-7-5-11(17(30)25-13(19(32)33)8-14(22)26)23-18(31)12(9-15(27)28)24-16(29)10(21)4-2-3-6-20/h10-13H,2-9,20-21H2,1H3,(H2,22,26)(H,23,31)(H,24,29)(H,25,30)(H,27,28)(H,32,33). The van der Waals surface area contributed by atoms with Crippen molar-refractivity contribution >= 4 is 47.3 Å². The molecule has 4 atom stereocenters. The largest absolute Gasteiger partial charge is 0.481 e. The normalized spacial score (nSPS) is 14.2.